The zero-order chi connectivity index (χ0) is 19.7. The molecule has 5 heteroatoms. The molecule has 28 heavy (non-hydrogen) atoms. The Bertz CT molecular complexity index is 1260. The van der Waals surface area contributed by atoms with Gasteiger partial charge in [0.2, 0.25) is 9.84 Å². The lowest BCUT2D eigenvalue weighted by molar-refractivity contribution is 0.416. The second kappa shape index (κ2) is 7.02. The first-order valence-corrected chi connectivity index (χ1v) is 10.2. The van der Waals surface area contributed by atoms with Crippen molar-refractivity contribution >= 4 is 20.6 Å². The monoisotopic (exact) mass is 390 g/mol. The van der Waals surface area contributed by atoms with Crippen LogP contribution in [0.5, 0.6) is 11.5 Å². The summed E-state index contributed by atoms with van der Waals surface area (Å²) in [6.07, 6.45) is 0. The van der Waals surface area contributed by atoms with Crippen LogP contribution in [-0.4, -0.2) is 20.6 Å². The van der Waals surface area contributed by atoms with Crippen molar-refractivity contribution in [1.82, 2.24) is 0 Å². The van der Waals surface area contributed by atoms with Gasteiger partial charge in [0.1, 0.15) is 16.4 Å². The maximum absolute atomic E-state index is 13.5. The van der Waals surface area contributed by atoms with E-state index in [-0.39, 0.29) is 15.5 Å². The molecule has 0 atom stereocenters. The van der Waals surface area contributed by atoms with Crippen LogP contribution in [0.25, 0.3) is 21.9 Å². The highest BCUT2D eigenvalue weighted by atomic mass is 32.2. The normalized spacial score (nSPS) is 11.5. The van der Waals surface area contributed by atoms with Gasteiger partial charge in [-0.05, 0) is 29.7 Å². The Hall–Kier alpha value is -3.31. The van der Waals surface area contributed by atoms with Crippen LogP contribution in [0, 0.1) is 0 Å². The van der Waals surface area contributed by atoms with Gasteiger partial charge in [-0.1, -0.05) is 60.7 Å². The smallest absolute Gasteiger partial charge is 0.210 e. The van der Waals surface area contributed by atoms with Crippen LogP contribution in [0.15, 0.2) is 94.7 Å². The number of para-hydroxylation sites is 1. The van der Waals surface area contributed by atoms with Crippen LogP contribution in [0.1, 0.15) is 0 Å². The van der Waals surface area contributed by atoms with Crippen molar-refractivity contribution in [3.8, 4) is 22.6 Å². The predicted octanol–water partition coefficient (Wildman–Crippen LogP) is 5.05. The quantitative estimate of drug-likeness (QED) is 0.529. The van der Waals surface area contributed by atoms with Gasteiger partial charge in [0.15, 0.2) is 0 Å². The molecular weight excluding hydrogens is 372 g/mol. The molecule has 1 N–H and O–H groups in total. The molecule has 0 saturated carbocycles. The third kappa shape index (κ3) is 2.90. The molecule has 0 amide bonds. The van der Waals surface area contributed by atoms with Gasteiger partial charge in [-0.3, -0.25) is 0 Å². The summed E-state index contributed by atoms with van der Waals surface area (Å²) >= 11 is 0. The minimum Gasteiger partial charge on any atom is -0.506 e. The van der Waals surface area contributed by atoms with E-state index in [4.69, 9.17) is 4.74 Å². The summed E-state index contributed by atoms with van der Waals surface area (Å²) in [7, 11) is -2.44. The molecule has 0 aliphatic carbocycles. The zero-order valence-electron chi connectivity index (χ0n) is 15.2. The van der Waals surface area contributed by atoms with Gasteiger partial charge in [0.25, 0.3) is 0 Å². The number of rotatable bonds is 4. The van der Waals surface area contributed by atoms with Crippen LogP contribution in [0.3, 0.4) is 0 Å². The number of fused-ring (bicyclic) bond motifs is 1. The lowest BCUT2D eigenvalue weighted by Crippen LogP contribution is -2.05. The third-order valence-electron chi connectivity index (χ3n) is 4.69. The first kappa shape index (κ1) is 18.1. The lowest BCUT2D eigenvalue weighted by Gasteiger charge is -2.17. The summed E-state index contributed by atoms with van der Waals surface area (Å²) in [6, 6.07) is 24.2. The van der Waals surface area contributed by atoms with Gasteiger partial charge >= 0.3 is 0 Å². The maximum Gasteiger partial charge on any atom is 0.210 e. The molecule has 0 heterocycles. The third-order valence-corrected chi connectivity index (χ3v) is 6.54. The molecule has 0 bridgehead atoms. The number of ether oxygens (including phenoxy) is 1. The van der Waals surface area contributed by atoms with Gasteiger partial charge in [-0.2, -0.15) is 0 Å². The molecule has 4 nitrogen and oxygen atoms in total. The number of phenols is 1. The number of methoxy groups -OCH3 is 1. The highest BCUT2D eigenvalue weighted by Gasteiger charge is 2.28. The molecule has 0 aliphatic heterocycles. The van der Waals surface area contributed by atoms with E-state index in [2.05, 4.69) is 0 Å². The molecular formula is C23H18O4S. The van der Waals surface area contributed by atoms with Crippen LogP contribution < -0.4 is 4.74 Å². The fourth-order valence-electron chi connectivity index (χ4n) is 3.37. The van der Waals surface area contributed by atoms with E-state index in [1.54, 1.807) is 48.5 Å². The summed E-state index contributed by atoms with van der Waals surface area (Å²) in [5.74, 6) is 0.268. The Morgan fingerprint density at radius 2 is 1.43 bits per heavy atom. The number of phenolic OH excluding ortho intramolecular Hbond substituents is 1. The van der Waals surface area contributed by atoms with Gasteiger partial charge in [-0.15, -0.1) is 0 Å². The molecule has 0 fully saturated rings. The van der Waals surface area contributed by atoms with E-state index in [1.165, 1.54) is 19.2 Å². The molecule has 0 saturated heterocycles. The van der Waals surface area contributed by atoms with E-state index in [0.717, 1.165) is 5.39 Å². The fourth-order valence-corrected chi connectivity index (χ4v) is 4.94. The number of hydrogen-bond donors (Lipinski definition) is 1. The molecule has 0 aliphatic rings. The van der Waals surface area contributed by atoms with E-state index >= 15 is 0 Å². The highest BCUT2D eigenvalue weighted by Crippen LogP contribution is 2.44. The van der Waals surface area contributed by atoms with Crippen molar-refractivity contribution in [2.24, 2.45) is 0 Å². The van der Waals surface area contributed by atoms with E-state index in [0.29, 0.717) is 22.3 Å². The van der Waals surface area contributed by atoms with Crippen molar-refractivity contribution in [2.75, 3.05) is 7.11 Å². The topological polar surface area (TPSA) is 63.6 Å². The molecule has 4 aromatic rings. The number of hydrogen-bond acceptors (Lipinski definition) is 4. The van der Waals surface area contributed by atoms with Crippen molar-refractivity contribution < 1.29 is 18.3 Å². The van der Waals surface area contributed by atoms with Crippen LogP contribution in [-0.2, 0) is 9.84 Å². The summed E-state index contributed by atoms with van der Waals surface area (Å²) in [6.45, 7) is 0. The van der Waals surface area contributed by atoms with E-state index in [9.17, 15) is 13.5 Å². The molecule has 0 spiro atoms. The molecule has 0 unspecified atom stereocenters. The Morgan fingerprint density at radius 1 is 0.786 bits per heavy atom. The number of benzene rings is 4. The van der Waals surface area contributed by atoms with Gasteiger partial charge < -0.3 is 9.84 Å². The first-order chi connectivity index (χ1) is 13.5. The van der Waals surface area contributed by atoms with Gasteiger partial charge in [0.05, 0.1) is 12.0 Å². The highest BCUT2D eigenvalue weighted by molar-refractivity contribution is 7.91. The van der Waals surface area contributed by atoms with Crippen molar-refractivity contribution in [3.63, 3.8) is 0 Å². The van der Waals surface area contributed by atoms with Gasteiger partial charge in [-0.25, -0.2) is 8.42 Å². The second-order valence-electron chi connectivity index (χ2n) is 6.34. The average molecular weight is 390 g/mol. The minimum atomic E-state index is -3.97. The van der Waals surface area contributed by atoms with Crippen LogP contribution in [0.4, 0.5) is 0 Å². The fraction of sp³-hybridized carbons (Fsp3) is 0.0435. The first-order valence-electron chi connectivity index (χ1n) is 8.72. The maximum atomic E-state index is 13.5. The van der Waals surface area contributed by atoms with Crippen LogP contribution >= 0.6 is 0 Å². The summed E-state index contributed by atoms with van der Waals surface area (Å²) < 4.78 is 32.4. The molecule has 4 rings (SSSR count). The Morgan fingerprint density at radius 3 is 2.18 bits per heavy atom. The summed E-state index contributed by atoms with van der Waals surface area (Å²) in [4.78, 5) is -0.00127. The molecule has 0 aromatic heterocycles. The lowest BCUT2D eigenvalue weighted by atomic mass is 9.99. The van der Waals surface area contributed by atoms with Crippen molar-refractivity contribution in [3.05, 3.63) is 84.9 Å². The van der Waals surface area contributed by atoms with E-state index < -0.39 is 9.84 Å². The molecule has 4 aromatic carbocycles. The standard InChI is InChI=1S/C23H18O4S/c1-27-21-14-8-7-13-19(21)20-15-16-9-5-6-12-18(16)22(24)23(20)28(25,26)17-10-3-2-4-11-17/h2-15,24H,1H3. The summed E-state index contributed by atoms with van der Waals surface area (Å²) in [5, 5.41) is 12.3. The number of sulfone groups is 1. The SMILES string of the molecule is COc1ccccc1-c1cc2ccccc2c(O)c1S(=O)(=O)c1ccccc1. The summed E-state index contributed by atoms with van der Waals surface area (Å²) in [5.41, 5.74) is 0.998. The Labute approximate surface area is 163 Å². The molecule has 0 radical (unpaired) electrons. The predicted molar refractivity (Wildman–Crippen MR) is 109 cm³/mol. The van der Waals surface area contributed by atoms with E-state index in [1.807, 2.05) is 24.3 Å². The zero-order valence-corrected chi connectivity index (χ0v) is 16.0. The van der Waals surface area contributed by atoms with Crippen LogP contribution in [0.2, 0.25) is 0 Å². The largest absolute Gasteiger partial charge is 0.506 e. The molecule has 140 valence electrons. The van der Waals surface area contributed by atoms with Gasteiger partial charge in [0, 0.05) is 16.5 Å². The Kier molecular flexibility index (Phi) is 4.53. The minimum absolute atomic E-state index is 0.122. The average Bonchev–Trinajstić information content (AvgIpc) is 2.74. The Balaban J connectivity index is 2.14. The number of aromatic hydroxyl groups is 1. The second-order valence-corrected chi connectivity index (χ2v) is 8.23. The van der Waals surface area contributed by atoms with Crippen molar-refractivity contribution in [1.29, 1.82) is 0 Å². The van der Waals surface area contributed by atoms with Crippen molar-refractivity contribution in [2.45, 2.75) is 9.79 Å².